The molecule has 0 aliphatic heterocycles. The van der Waals surface area contributed by atoms with Gasteiger partial charge in [0.05, 0.1) is 11.6 Å². The van der Waals surface area contributed by atoms with Crippen LogP contribution in [0.25, 0.3) is 10.9 Å². The number of benzene rings is 1. The van der Waals surface area contributed by atoms with E-state index < -0.39 is 5.54 Å². The van der Waals surface area contributed by atoms with Crippen molar-refractivity contribution in [2.24, 2.45) is 0 Å². The van der Waals surface area contributed by atoms with E-state index in [9.17, 15) is 10.1 Å². The van der Waals surface area contributed by atoms with Gasteiger partial charge in [0.1, 0.15) is 5.54 Å². The summed E-state index contributed by atoms with van der Waals surface area (Å²) in [6.07, 6.45) is 2.85. The summed E-state index contributed by atoms with van der Waals surface area (Å²) in [6, 6.07) is 11.3. The first-order valence-electron chi connectivity index (χ1n) is 6.73. The Kier molecular flexibility index (Phi) is 3.99. The van der Waals surface area contributed by atoms with E-state index in [-0.39, 0.29) is 5.91 Å². The van der Waals surface area contributed by atoms with Crippen LogP contribution in [0, 0.1) is 11.3 Å². The summed E-state index contributed by atoms with van der Waals surface area (Å²) >= 11 is 0. The van der Waals surface area contributed by atoms with E-state index >= 15 is 0 Å². The van der Waals surface area contributed by atoms with Gasteiger partial charge >= 0.3 is 0 Å². The minimum absolute atomic E-state index is 0.228. The molecular formula is C16H17N3O. The largest absolute Gasteiger partial charge is 0.334 e. The Balaban J connectivity index is 2.40. The smallest absolute Gasteiger partial charge is 0.253 e. The fourth-order valence-corrected chi connectivity index (χ4v) is 2.20. The number of amides is 1. The quantitative estimate of drug-likeness (QED) is 0.925. The Bertz CT molecular complexity index is 663. The van der Waals surface area contributed by atoms with Gasteiger partial charge in [-0.3, -0.25) is 9.78 Å². The number of rotatable bonds is 4. The minimum atomic E-state index is -0.804. The van der Waals surface area contributed by atoms with Gasteiger partial charge in [0, 0.05) is 17.1 Å². The summed E-state index contributed by atoms with van der Waals surface area (Å²) in [6.45, 7) is 3.80. The first kappa shape index (κ1) is 14.0. The molecule has 1 amide bonds. The van der Waals surface area contributed by atoms with E-state index in [0.29, 0.717) is 18.4 Å². The lowest BCUT2D eigenvalue weighted by Gasteiger charge is -2.25. The summed E-state index contributed by atoms with van der Waals surface area (Å²) in [7, 11) is 0. The van der Waals surface area contributed by atoms with Crippen LogP contribution in [0.4, 0.5) is 0 Å². The van der Waals surface area contributed by atoms with Crippen molar-refractivity contribution >= 4 is 16.8 Å². The maximum absolute atomic E-state index is 12.5. The third-order valence-corrected chi connectivity index (χ3v) is 3.66. The van der Waals surface area contributed by atoms with E-state index in [4.69, 9.17) is 0 Å². The van der Waals surface area contributed by atoms with Crippen molar-refractivity contribution in [3.8, 4) is 6.07 Å². The van der Waals surface area contributed by atoms with Crippen LogP contribution >= 0.6 is 0 Å². The van der Waals surface area contributed by atoms with Crippen molar-refractivity contribution in [2.75, 3.05) is 0 Å². The highest BCUT2D eigenvalue weighted by Crippen LogP contribution is 2.19. The minimum Gasteiger partial charge on any atom is -0.334 e. The lowest BCUT2D eigenvalue weighted by atomic mass is 9.94. The highest BCUT2D eigenvalue weighted by Gasteiger charge is 2.28. The number of carbonyl (C=O) groups is 1. The Morgan fingerprint density at radius 3 is 2.70 bits per heavy atom. The molecule has 1 aromatic carbocycles. The van der Waals surface area contributed by atoms with Gasteiger partial charge in [-0.05, 0) is 31.0 Å². The second-order valence-corrected chi connectivity index (χ2v) is 4.73. The van der Waals surface area contributed by atoms with Gasteiger partial charge in [0.2, 0.25) is 0 Å². The Labute approximate surface area is 118 Å². The molecule has 0 bridgehead atoms. The molecule has 0 fully saturated rings. The van der Waals surface area contributed by atoms with Crippen molar-refractivity contribution in [1.82, 2.24) is 10.3 Å². The fourth-order valence-electron chi connectivity index (χ4n) is 2.20. The Morgan fingerprint density at radius 2 is 2.05 bits per heavy atom. The van der Waals surface area contributed by atoms with E-state index in [0.717, 1.165) is 10.9 Å². The Hall–Kier alpha value is -2.41. The molecule has 0 saturated carbocycles. The van der Waals surface area contributed by atoms with Crippen LogP contribution in [-0.2, 0) is 0 Å². The van der Waals surface area contributed by atoms with Crippen molar-refractivity contribution in [3.05, 3.63) is 42.1 Å². The number of nitrogens with zero attached hydrogens (tertiary/aromatic N) is 2. The van der Waals surface area contributed by atoms with Crippen LogP contribution in [-0.4, -0.2) is 16.4 Å². The molecule has 1 heterocycles. The number of nitrogens with one attached hydrogen (secondary N) is 1. The molecule has 2 rings (SSSR count). The van der Waals surface area contributed by atoms with Gasteiger partial charge in [-0.15, -0.1) is 0 Å². The number of hydrogen-bond acceptors (Lipinski definition) is 3. The maximum atomic E-state index is 12.5. The van der Waals surface area contributed by atoms with Crippen LogP contribution in [0.5, 0.6) is 0 Å². The average Bonchev–Trinajstić information content (AvgIpc) is 2.52. The molecule has 2 aromatic rings. The van der Waals surface area contributed by atoms with Crippen LogP contribution in [0.1, 0.15) is 37.0 Å². The topological polar surface area (TPSA) is 65.8 Å². The van der Waals surface area contributed by atoms with Crippen LogP contribution in [0.3, 0.4) is 0 Å². The molecule has 1 N–H and O–H groups in total. The normalized spacial score (nSPS) is 11.1. The molecule has 0 atom stereocenters. The molecule has 0 aliphatic rings. The highest BCUT2D eigenvalue weighted by molar-refractivity contribution is 6.06. The predicted octanol–water partition coefficient (Wildman–Crippen LogP) is 3.05. The van der Waals surface area contributed by atoms with Gasteiger partial charge in [-0.25, -0.2) is 0 Å². The zero-order valence-corrected chi connectivity index (χ0v) is 11.7. The summed E-state index contributed by atoms with van der Waals surface area (Å²) < 4.78 is 0. The monoisotopic (exact) mass is 267 g/mol. The molecule has 102 valence electrons. The third kappa shape index (κ3) is 2.48. The molecule has 0 aliphatic carbocycles. The molecule has 4 nitrogen and oxygen atoms in total. The maximum Gasteiger partial charge on any atom is 0.253 e. The van der Waals surface area contributed by atoms with E-state index in [1.807, 2.05) is 26.0 Å². The molecule has 20 heavy (non-hydrogen) atoms. The first-order valence-corrected chi connectivity index (χ1v) is 6.73. The number of aromatic nitrogens is 1. The fraction of sp³-hybridized carbons (Fsp3) is 0.312. The number of carbonyl (C=O) groups excluding carboxylic acids is 1. The Morgan fingerprint density at radius 1 is 1.30 bits per heavy atom. The summed E-state index contributed by atoms with van der Waals surface area (Å²) in [5.74, 6) is -0.228. The van der Waals surface area contributed by atoms with Gasteiger partial charge in [0.15, 0.2) is 0 Å². The van der Waals surface area contributed by atoms with E-state index in [2.05, 4.69) is 16.4 Å². The van der Waals surface area contributed by atoms with Gasteiger partial charge in [0.25, 0.3) is 5.91 Å². The average molecular weight is 267 g/mol. The van der Waals surface area contributed by atoms with Crippen molar-refractivity contribution in [2.45, 2.75) is 32.2 Å². The molecule has 0 radical (unpaired) electrons. The lowest BCUT2D eigenvalue weighted by molar-refractivity contribution is 0.0917. The molecule has 0 spiro atoms. The third-order valence-electron chi connectivity index (χ3n) is 3.66. The number of pyridine rings is 1. The van der Waals surface area contributed by atoms with E-state index in [1.54, 1.807) is 24.4 Å². The van der Waals surface area contributed by atoms with Crippen LogP contribution < -0.4 is 5.32 Å². The van der Waals surface area contributed by atoms with Gasteiger partial charge in [-0.1, -0.05) is 26.0 Å². The van der Waals surface area contributed by atoms with Crippen molar-refractivity contribution < 1.29 is 4.79 Å². The summed E-state index contributed by atoms with van der Waals surface area (Å²) in [5, 5.41) is 13.0. The van der Waals surface area contributed by atoms with Crippen molar-refractivity contribution in [3.63, 3.8) is 0 Å². The summed E-state index contributed by atoms with van der Waals surface area (Å²) in [4.78, 5) is 16.7. The zero-order chi connectivity index (χ0) is 14.6. The molecule has 0 unspecified atom stereocenters. The van der Waals surface area contributed by atoms with Crippen molar-refractivity contribution in [1.29, 1.82) is 5.26 Å². The van der Waals surface area contributed by atoms with Crippen LogP contribution in [0.2, 0.25) is 0 Å². The van der Waals surface area contributed by atoms with Crippen LogP contribution in [0.15, 0.2) is 36.5 Å². The standard InChI is InChI=1S/C16H17N3O/c1-3-16(4-2,11-17)19-15(20)13-7-5-9-14-12(13)8-6-10-18-14/h5-10H,3-4H2,1-2H3,(H,19,20). The second-order valence-electron chi connectivity index (χ2n) is 4.73. The highest BCUT2D eigenvalue weighted by atomic mass is 16.1. The molecule has 1 aromatic heterocycles. The first-order chi connectivity index (χ1) is 9.65. The molecule has 0 saturated heterocycles. The summed E-state index contributed by atoms with van der Waals surface area (Å²) in [5.41, 5.74) is 0.523. The SMILES string of the molecule is CCC(C#N)(CC)NC(=O)c1cccc2ncccc12. The number of hydrogen-bond donors (Lipinski definition) is 1. The number of fused-ring (bicyclic) bond motifs is 1. The van der Waals surface area contributed by atoms with Gasteiger partial charge < -0.3 is 5.32 Å². The van der Waals surface area contributed by atoms with E-state index in [1.165, 1.54) is 0 Å². The molecule has 4 heteroatoms. The lowest BCUT2D eigenvalue weighted by Crippen LogP contribution is -2.46. The van der Waals surface area contributed by atoms with Gasteiger partial charge in [-0.2, -0.15) is 5.26 Å². The predicted molar refractivity (Wildman–Crippen MR) is 78.1 cm³/mol. The molecular weight excluding hydrogens is 250 g/mol. The number of nitriles is 1. The second kappa shape index (κ2) is 5.70. The zero-order valence-electron chi connectivity index (χ0n) is 11.7.